The van der Waals surface area contributed by atoms with Crippen LogP contribution in [0.2, 0.25) is 0 Å². The zero-order valence-electron chi connectivity index (χ0n) is 19.1. The van der Waals surface area contributed by atoms with Gasteiger partial charge < -0.3 is 10.2 Å². The number of hydrogen-bond acceptors (Lipinski definition) is 4. The van der Waals surface area contributed by atoms with Crippen LogP contribution in [-0.2, 0) is 26.0 Å². The summed E-state index contributed by atoms with van der Waals surface area (Å²) in [6, 6.07) is 21.3. The van der Waals surface area contributed by atoms with Gasteiger partial charge in [0, 0.05) is 20.6 Å². The summed E-state index contributed by atoms with van der Waals surface area (Å²) in [4.78, 5) is 27.0. The molecule has 1 atom stereocenters. The molecule has 0 saturated heterocycles. The lowest BCUT2D eigenvalue weighted by molar-refractivity contribution is -0.139. The lowest BCUT2D eigenvalue weighted by atomic mass is 10.1. The number of benzene rings is 3. The molecule has 33 heavy (non-hydrogen) atoms. The van der Waals surface area contributed by atoms with E-state index in [-0.39, 0.29) is 17.3 Å². The van der Waals surface area contributed by atoms with E-state index in [9.17, 15) is 18.0 Å². The van der Waals surface area contributed by atoms with Crippen molar-refractivity contribution in [3.8, 4) is 0 Å². The Balaban J connectivity index is 1.79. The number of nitrogens with zero attached hydrogens (tertiary/aromatic N) is 2. The predicted octanol–water partition coefficient (Wildman–Crippen LogP) is 2.67. The molecule has 0 radical (unpaired) electrons. The zero-order valence-corrected chi connectivity index (χ0v) is 19.9. The van der Waals surface area contributed by atoms with Gasteiger partial charge in [0.2, 0.25) is 21.8 Å². The van der Waals surface area contributed by atoms with E-state index in [1.165, 1.54) is 19.0 Å². The highest BCUT2D eigenvalue weighted by molar-refractivity contribution is 7.89. The molecule has 2 amide bonds. The van der Waals surface area contributed by atoms with E-state index in [1.54, 1.807) is 25.1 Å². The number of amides is 2. The van der Waals surface area contributed by atoms with Crippen LogP contribution in [0.5, 0.6) is 0 Å². The van der Waals surface area contributed by atoms with Crippen LogP contribution >= 0.6 is 0 Å². The maximum atomic E-state index is 13.2. The molecule has 7 nitrogen and oxygen atoms in total. The van der Waals surface area contributed by atoms with Crippen molar-refractivity contribution in [2.24, 2.45) is 0 Å². The first-order valence-corrected chi connectivity index (χ1v) is 12.2. The lowest BCUT2D eigenvalue weighted by Gasteiger charge is -2.30. The molecule has 174 valence electrons. The number of nitrogens with one attached hydrogen (secondary N) is 1. The van der Waals surface area contributed by atoms with Gasteiger partial charge in [0.1, 0.15) is 6.04 Å². The van der Waals surface area contributed by atoms with Gasteiger partial charge in [-0.3, -0.25) is 9.59 Å². The molecule has 0 aliphatic heterocycles. The van der Waals surface area contributed by atoms with Crippen LogP contribution in [0, 0.1) is 0 Å². The number of sulfonamides is 1. The van der Waals surface area contributed by atoms with E-state index < -0.39 is 22.0 Å². The van der Waals surface area contributed by atoms with Crippen molar-refractivity contribution in [2.75, 3.05) is 27.2 Å². The smallest absolute Gasteiger partial charge is 0.243 e. The summed E-state index contributed by atoms with van der Waals surface area (Å²) in [5, 5.41) is 4.29. The van der Waals surface area contributed by atoms with Crippen molar-refractivity contribution >= 4 is 32.6 Å². The van der Waals surface area contributed by atoms with Crippen molar-refractivity contribution in [2.45, 2.75) is 24.3 Å². The molecule has 8 heteroatoms. The quantitative estimate of drug-likeness (QED) is 0.524. The highest BCUT2D eigenvalue weighted by atomic mass is 32.2. The number of carbonyl (C=O) groups excluding carboxylic acids is 2. The van der Waals surface area contributed by atoms with Crippen molar-refractivity contribution in [1.82, 2.24) is 14.5 Å². The van der Waals surface area contributed by atoms with E-state index >= 15 is 0 Å². The summed E-state index contributed by atoms with van der Waals surface area (Å²) >= 11 is 0. The molecule has 0 spiro atoms. The first kappa shape index (κ1) is 24.4. The average Bonchev–Trinajstić information content (AvgIpc) is 2.83. The fourth-order valence-electron chi connectivity index (χ4n) is 3.65. The lowest BCUT2D eigenvalue weighted by Crippen LogP contribution is -2.51. The first-order chi connectivity index (χ1) is 15.7. The Hall–Kier alpha value is -3.23. The Labute approximate surface area is 195 Å². The third-order valence-electron chi connectivity index (χ3n) is 5.68. The Bertz CT molecular complexity index is 1230. The maximum Gasteiger partial charge on any atom is 0.243 e. The number of hydrogen-bond donors (Lipinski definition) is 1. The molecule has 1 N–H and O–H groups in total. The Kier molecular flexibility index (Phi) is 7.84. The van der Waals surface area contributed by atoms with Crippen molar-refractivity contribution in [1.29, 1.82) is 0 Å². The van der Waals surface area contributed by atoms with Crippen LogP contribution in [-0.4, -0.2) is 62.7 Å². The third-order valence-corrected chi connectivity index (χ3v) is 7.48. The van der Waals surface area contributed by atoms with Gasteiger partial charge in [-0.2, -0.15) is 4.31 Å². The van der Waals surface area contributed by atoms with Gasteiger partial charge in [0.25, 0.3) is 0 Å². The Morgan fingerprint density at radius 2 is 1.58 bits per heavy atom. The number of rotatable bonds is 9. The largest absolute Gasteiger partial charge is 0.357 e. The van der Waals surface area contributed by atoms with Gasteiger partial charge in [-0.1, -0.05) is 60.7 Å². The fraction of sp³-hybridized carbons (Fsp3) is 0.280. The topological polar surface area (TPSA) is 86.8 Å². The highest BCUT2D eigenvalue weighted by Gasteiger charge is 2.29. The summed E-state index contributed by atoms with van der Waals surface area (Å²) < 4.78 is 27.3. The molecule has 0 unspecified atom stereocenters. The molecular formula is C25H29N3O4S. The van der Waals surface area contributed by atoms with E-state index in [4.69, 9.17) is 0 Å². The van der Waals surface area contributed by atoms with Crippen molar-refractivity contribution < 1.29 is 18.0 Å². The van der Waals surface area contributed by atoms with E-state index in [1.807, 2.05) is 54.6 Å². The normalized spacial score (nSPS) is 12.5. The summed E-state index contributed by atoms with van der Waals surface area (Å²) in [7, 11) is -1.01. The van der Waals surface area contributed by atoms with Crippen LogP contribution in [0.25, 0.3) is 10.8 Å². The van der Waals surface area contributed by atoms with Gasteiger partial charge in [-0.25, -0.2) is 8.42 Å². The molecule has 0 aromatic heterocycles. The standard InChI is InChI=1S/C25H29N3O4S/c1-19(25(30)26-2)28(16-15-20-9-5-4-6-10-20)24(29)18-27(3)33(31,32)23-14-13-21-11-7-8-12-22(21)17-23/h4-14,17,19H,15-16,18H2,1-3H3,(H,26,30)/t19-/m0/s1. The molecule has 0 heterocycles. The van der Waals surface area contributed by atoms with Gasteiger partial charge in [0.05, 0.1) is 11.4 Å². The van der Waals surface area contributed by atoms with E-state index in [0.29, 0.717) is 13.0 Å². The molecule has 0 aliphatic rings. The average molecular weight is 468 g/mol. The van der Waals surface area contributed by atoms with Crippen LogP contribution in [0.3, 0.4) is 0 Å². The fourth-order valence-corrected chi connectivity index (χ4v) is 4.81. The number of carbonyl (C=O) groups is 2. The second-order valence-corrected chi connectivity index (χ2v) is 9.93. The van der Waals surface area contributed by atoms with Crippen molar-refractivity contribution in [3.63, 3.8) is 0 Å². The van der Waals surface area contributed by atoms with Crippen LogP contribution < -0.4 is 5.32 Å². The molecule has 3 aromatic rings. The minimum absolute atomic E-state index is 0.117. The van der Waals surface area contributed by atoms with Gasteiger partial charge in [-0.05, 0) is 41.8 Å². The summed E-state index contributed by atoms with van der Waals surface area (Å²) in [6.45, 7) is 1.56. The number of likely N-dealkylation sites (N-methyl/N-ethyl adjacent to an activating group) is 2. The first-order valence-electron chi connectivity index (χ1n) is 10.7. The Morgan fingerprint density at radius 1 is 0.939 bits per heavy atom. The second kappa shape index (κ2) is 10.6. The zero-order chi connectivity index (χ0) is 24.0. The second-order valence-electron chi connectivity index (χ2n) is 7.88. The van der Waals surface area contributed by atoms with Gasteiger partial charge in [-0.15, -0.1) is 0 Å². The molecule has 0 fully saturated rings. The van der Waals surface area contributed by atoms with Crippen LogP contribution in [0.1, 0.15) is 12.5 Å². The van der Waals surface area contributed by atoms with E-state index in [0.717, 1.165) is 20.6 Å². The molecular weight excluding hydrogens is 438 g/mol. The summed E-state index contributed by atoms with van der Waals surface area (Å²) in [6.07, 6.45) is 0.551. The highest BCUT2D eigenvalue weighted by Crippen LogP contribution is 2.21. The predicted molar refractivity (Wildman–Crippen MR) is 129 cm³/mol. The molecule has 3 aromatic carbocycles. The third kappa shape index (κ3) is 5.77. The summed E-state index contributed by atoms with van der Waals surface area (Å²) in [5.41, 5.74) is 1.02. The molecule has 0 bridgehead atoms. The van der Waals surface area contributed by atoms with Crippen molar-refractivity contribution in [3.05, 3.63) is 78.4 Å². The van der Waals surface area contributed by atoms with E-state index in [2.05, 4.69) is 5.32 Å². The molecule has 0 aliphatic carbocycles. The maximum absolute atomic E-state index is 13.2. The minimum atomic E-state index is -3.89. The molecule has 3 rings (SSSR count). The Morgan fingerprint density at radius 3 is 2.24 bits per heavy atom. The monoisotopic (exact) mass is 467 g/mol. The van der Waals surface area contributed by atoms with Crippen LogP contribution in [0.4, 0.5) is 0 Å². The minimum Gasteiger partial charge on any atom is -0.357 e. The molecule has 0 saturated carbocycles. The van der Waals surface area contributed by atoms with Crippen LogP contribution in [0.15, 0.2) is 77.7 Å². The number of fused-ring (bicyclic) bond motifs is 1. The van der Waals surface area contributed by atoms with Gasteiger partial charge >= 0.3 is 0 Å². The summed E-state index contributed by atoms with van der Waals surface area (Å²) in [5.74, 6) is -0.745. The van der Waals surface area contributed by atoms with Gasteiger partial charge in [0.15, 0.2) is 0 Å². The SMILES string of the molecule is CNC(=O)[C@H](C)N(CCc1ccccc1)C(=O)CN(C)S(=O)(=O)c1ccc2ccccc2c1.